The summed E-state index contributed by atoms with van der Waals surface area (Å²) in [4.78, 5) is 64.4. The number of primary amides is 2. The highest BCUT2D eigenvalue weighted by Crippen LogP contribution is 2.47. The van der Waals surface area contributed by atoms with E-state index in [1.165, 1.54) is 10.6 Å². The number of carboxylic acid groups (broad SMARTS) is 1. The number of hydrogen-bond donors (Lipinski definition) is 5. The molecule has 7 rings (SSSR count). The number of nitrogens with one attached hydrogen (secondary N) is 1. The van der Waals surface area contributed by atoms with Crippen molar-refractivity contribution >= 4 is 40.6 Å². The maximum Gasteiger partial charge on any atom is 0.412 e. The molecule has 2 aromatic heterocycles. The van der Waals surface area contributed by atoms with E-state index in [1.54, 1.807) is 37.3 Å². The zero-order valence-corrected chi connectivity index (χ0v) is 28.2. The smallest absolute Gasteiger partial charge is 0.412 e. The molecule has 5 heterocycles. The molecule has 0 unspecified atom stereocenters. The number of anilines is 1. The highest BCUT2D eigenvalue weighted by atomic mass is 19.1. The van der Waals surface area contributed by atoms with E-state index in [1.807, 2.05) is 6.07 Å². The normalized spacial score (nSPS) is 16.3. The number of amides is 4. The lowest BCUT2D eigenvalue weighted by Gasteiger charge is -2.31. The molecule has 1 atom stereocenters. The number of unbranched alkanes of at least 4 members (excludes halogenated alkanes) is 1. The average Bonchev–Trinajstić information content (AvgIpc) is 3.49. The topological polar surface area (TPSA) is 229 Å². The number of urea groups is 1. The Morgan fingerprint density at radius 2 is 1.83 bits per heavy atom. The Bertz CT molecular complexity index is 2160. The minimum atomic E-state index is -1.96. The first-order valence-corrected chi connectivity index (χ1v) is 16.7. The third kappa shape index (κ3) is 6.48. The van der Waals surface area contributed by atoms with Gasteiger partial charge in [0.25, 0.3) is 5.56 Å². The number of fused-ring (bicyclic) bond motifs is 5. The molecule has 0 fully saturated rings. The number of cyclic esters (lactones) is 1. The summed E-state index contributed by atoms with van der Waals surface area (Å²) in [6, 6.07) is 11.1. The molecular weight excluding hydrogens is 679 g/mol. The number of carbonyl (C=O) groups is 4. The first-order valence-electron chi connectivity index (χ1n) is 16.7. The van der Waals surface area contributed by atoms with Gasteiger partial charge in [-0.15, -0.1) is 0 Å². The molecule has 3 aliphatic rings. The molecule has 0 saturated heterocycles. The summed E-state index contributed by atoms with van der Waals surface area (Å²) in [5, 5.41) is 24.1. The molecule has 0 radical (unpaired) electrons. The molecule has 3 aliphatic heterocycles. The van der Waals surface area contributed by atoms with E-state index in [0.29, 0.717) is 48.1 Å². The van der Waals surface area contributed by atoms with Gasteiger partial charge in [0.05, 0.1) is 42.2 Å². The highest BCUT2D eigenvalue weighted by Gasteiger charge is 2.45. The van der Waals surface area contributed by atoms with Crippen molar-refractivity contribution in [2.24, 2.45) is 11.5 Å². The Morgan fingerprint density at radius 3 is 2.50 bits per heavy atom. The molecule has 7 N–H and O–H groups in total. The second-order valence-electron chi connectivity index (χ2n) is 12.6. The maximum atomic E-state index is 15.8. The number of aliphatic hydroxyl groups is 1. The van der Waals surface area contributed by atoms with Crippen LogP contribution < -0.4 is 32.0 Å². The van der Waals surface area contributed by atoms with Crippen LogP contribution in [0.1, 0.15) is 60.4 Å². The van der Waals surface area contributed by atoms with Crippen LogP contribution in [0.15, 0.2) is 47.3 Å². The monoisotopic (exact) mass is 716 g/mol. The van der Waals surface area contributed by atoms with E-state index >= 15 is 4.39 Å². The number of rotatable bonds is 9. The van der Waals surface area contributed by atoms with E-state index < -0.39 is 35.1 Å². The SMILES string of the molecule is CC[C@@]1(O)C(=O)OCc2c1cc1n(c2=O)Cc2c-1nc1cc(F)c(N(Cc3ccccc3)C(=O)O)c3c1c2CCO3.NC(=O)CCCCNC(N)=O. The highest BCUT2D eigenvalue weighted by molar-refractivity contribution is 6.01. The van der Waals surface area contributed by atoms with E-state index in [4.69, 9.17) is 25.9 Å². The van der Waals surface area contributed by atoms with Crippen LogP contribution in [-0.4, -0.2) is 56.9 Å². The predicted molar refractivity (Wildman–Crippen MR) is 185 cm³/mol. The van der Waals surface area contributed by atoms with Gasteiger partial charge in [-0.05, 0) is 36.5 Å². The summed E-state index contributed by atoms with van der Waals surface area (Å²) in [6.07, 6.45) is 0.900. The van der Waals surface area contributed by atoms with Gasteiger partial charge >= 0.3 is 18.1 Å². The third-order valence-electron chi connectivity index (χ3n) is 9.41. The van der Waals surface area contributed by atoms with Crippen LogP contribution in [0.25, 0.3) is 22.3 Å². The average molecular weight is 717 g/mol. The molecular formula is C36H37FN6O9. The number of aromatic nitrogens is 2. The van der Waals surface area contributed by atoms with E-state index in [9.17, 15) is 34.2 Å². The Kier molecular flexibility index (Phi) is 9.84. The fourth-order valence-electron chi connectivity index (χ4n) is 6.83. The predicted octanol–water partition coefficient (Wildman–Crippen LogP) is 3.15. The zero-order valence-electron chi connectivity index (χ0n) is 28.2. The van der Waals surface area contributed by atoms with Crippen LogP contribution >= 0.6 is 0 Å². The summed E-state index contributed by atoms with van der Waals surface area (Å²) in [6.45, 7) is 2.15. The molecule has 0 aliphatic carbocycles. The van der Waals surface area contributed by atoms with Gasteiger partial charge in [-0.3, -0.25) is 14.5 Å². The number of carbonyl (C=O) groups excluding carboxylic acids is 3. The van der Waals surface area contributed by atoms with Crippen molar-refractivity contribution in [3.63, 3.8) is 0 Å². The first-order chi connectivity index (χ1) is 24.8. The second kappa shape index (κ2) is 14.3. The zero-order chi connectivity index (χ0) is 37.3. The standard InChI is InChI=1S/C30H24FN3O7.C6H13N3O2/c1-2-30(39)19-10-22-24-17(13-33(22)27(35)18(19)14-41-28(30)36)16-8-9-40-26-23(16)21(32-24)11-20(31)25(26)34(29(37)38)12-15-6-4-3-5-7-15;7-5(10)3-1-2-4-9-6(8)11/h3-7,10-11,39H,2,8-9,12-14H2,1H3,(H,37,38);1-4H2,(H2,7,10)(H3,8,9,11)/t30-;/m0./s1. The Labute approximate surface area is 295 Å². The molecule has 0 spiro atoms. The number of pyridine rings is 2. The van der Waals surface area contributed by atoms with E-state index in [-0.39, 0.29) is 66.7 Å². The van der Waals surface area contributed by atoms with Gasteiger partial charge in [0, 0.05) is 42.0 Å². The Morgan fingerprint density at radius 1 is 1.08 bits per heavy atom. The van der Waals surface area contributed by atoms with Gasteiger partial charge in [0.2, 0.25) is 5.91 Å². The van der Waals surface area contributed by atoms with Crippen molar-refractivity contribution in [2.45, 2.75) is 64.3 Å². The minimum absolute atomic E-state index is 0.0166. The number of benzene rings is 2. The van der Waals surface area contributed by atoms with Gasteiger partial charge < -0.3 is 41.0 Å². The first kappa shape index (κ1) is 35.8. The fourth-order valence-corrected chi connectivity index (χ4v) is 6.83. The molecule has 15 nitrogen and oxygen atoms in total. The van der Waals surface area contributed by atoms with Crippen molar-refractivity contribution in [3.05, 3.63) is 86.5 Å². The van der Waals surface area contributed by atoms with Crippen LogP contribution in [0.5, 0.6) is 5.75 Å². The third-order valence-corrected chi connectivity index (χ3v) is 9.41. The summed E-state index contributed by atoms with van der Waals surface area (Å²) in [5.41, 5.74) is 10.8. The van der Waals surface area contributed by atoms with Crippen LogP contribution in [-0.2, 0) is 46.0 Å². The second-order valence-corrected chi connectivity index (χ2v) is 12.6. The lowest BCUT2D eigenvalue weighted by atomic mass is 9.86. The molecule has 0 saturated carbocycles. The van der Waals surface area contributed by atoms with Crippen LogP contribution in [0.3, 0.4) is 0 Å². The molecule has 16 heteroatoms. The molecule has 2 aromatic carbocycles. The molecule has 4 aromatic rings. The molecule has 272 valence electrons. The van der Waals surface area contributed by atoms with E-state index in [2.05, 4.69) is 5.32 Å². The molecule has 52 heavy (non-hydrogen) atoms. The summed E-state index contributed by atoms with van der Waals surface area (Å²) in [5.74, 6) is -1.84. The van der Waals surface area contributed by atoms with Crippen LogP contribution in [0, 0.1) is 5.82 Å². The Balaban J connectivity index is 0.000000368. The number of hydrogen-bond acceptors (Lipinski definition) is 9. The Hall–Kier alpha value is -6.03. The van der Waals surface area contributed by atoms with Crippen molar-refractivity contribution in [1.29, 1.82) is 0 Å². The van der Waals surface area contributed by atoms with Crippen molar-refractivity contribution < 1.29 is 43.3 Å². The van der Waals surface area contributed by atoms with Gasteiger partial charge in [0.1, 0.15) is 12.3 Å². The van der Waals surface area contributed by atoms with Crippen molar-refractivity contribution in [3.8, 4) is 17.1 Å². The van der Waals surface area contributed by atoms with Gasteiger partial charge in [-0.2, -0.15) is 0 Å². The summed E-state index contributed by atoms with van der Waals surface area (Å²) < 4.78 is 28.4. The lowest BCUT2D eigenvalue weighted by Crippen LogP contribution is -2.44. The van der Waals surface area contributed by atoms with Crippen molar-refractivity contribution in [2.75, 3.05) is 18.1 Å². The van der Waals surface area contributed by atoms with E-state index in [0.717, 1.165) is 22.4 Å². The van der Waals surface area contributed by atoms with Crippen LogP contribution in [0.4, 0.5) is 19.7 Å². The minimum Gasteiger partial charge on any atom is -0.490 e. The summed E-state index contributed by atoms with van der Waals surface area (Å²) >= 11 is 0. The van der Waals surface area contributed by atoms with Gasteiger partial charge in [0.15, 0.2) is 17.2 Å². The number of esters is 1. The van der Waals surface area contributed by atoms with Crippen LogP contribution in [0.2, 0.25) is 0 Å². The molecule has 0 bridgehead atoms. The van der Waals surface area contributed by atoms with Gasteiger partial charge in [-0.25, -0.2) is 23.8 Å². The van der Waals surface area contributed by atoms with Crippen molar-refractivity contribution in [1.82, 2.24) is 14.9 Å². The molecule has 4 amide bonds. The number of nitrogens with two attached hydrogens (primary N) is 2. The fraction of sp³-hybridized carbons (Fsp3) is 0.333. The number of halogens is 1. The quantitative estimate of drug-likeness (QED) is 0.111. The lowest BCUT2D eigenvalue weighted by molar-refractivity contribution is -0.172. The largest absolute Gasteiger partial charge is 0.490 e. The maximum absolute atomic E-state index is 15.8. The van der Waals surface area contributed by atoms with Gasteiger partial charge in [-0.1, -0.05) is 37.3 Å². The number of ether oxygens (including phenoxy) is 2. The number of nitrogens with zero attached hydrogens (tertiary/aromatic N) is 3. The summed E-state index contributed by atoms with van der Waals surface area (Å²) in [7, 11) is 0.